The topological polar surface area (TPSA) is 103 Å². The minimum atomic E-state index is -0.389. The van der Waals surface area contributed by atoms with E-state index < -0.39 is 0 Å². The molecule has 112 valence electrons. The molecule has 0 aromatic heterocycles. The monoisotopic (exact) mass is 279 g/mol. The van der Waals surface area contributed by atoms with Gasteiger partial charge in [-0.05, 0) is 0 Å². The lowest BCUT2D eigenvalue weighted by atomic mass is 10.4. The molecule has 8 nitrogen and oxygen atoms in total. The molecule has 8 heteroatoms. The summed E-state index contributed by atoms with van der Waals surface area (Å²) in [6.45, 7) is 1.18. The molecule has 0 saturated carbocycles. The number of nitrogens with one attached hydrogen (secondary N) is 1. The van der Waals surface area contributed by atoms with Crippen LogP contribution in [0.25, 0.3) is 0 Å². The zero-order valence-corrected chi connectivity index (χ0v) is 11.1. The van der Waals surface area contributed by atoms with Crippen LogP contribution in [0.2, 0.25) is 0 Å². The van der Waals surface area contributed by atoms with Gasteiger partial charge in [0.15, 0.2) is 0 Å². The van der Waals surface area contributed by atoms with Crippen molar-refractivity contribution < 1.29 is 33.9 Å². The Labute approximate surface area is 111 Å². The third kappa shape index (κ3) is 13.0. The maximum Gasteiger partial charge on any atom is 0.308 e. The van der Waals surface area contributed by atoms with Crippen LogP contribution in [0.4, 0.5) is 0 Å². The van der Waals surface area contributed by atoms with Crippen molar-refractivity contribution in [1.29, 1.82) is 0 Å². The minimum Gasteiger partial charge on any atom is -0.463 e. The number of carbonyl (C=O) groups excluding carboxylic acids is 2. The van der Waals surface area contributed by atoms with Crippen molar-refractivity contribution in [2.45, 2.75) is 12.8 Å². The molecule has 0 fully saturated rings. The first kappa shape index (κ1) is 17.8. The van der Waals surface area contributed by atoms with E-state index in [4.69, 9.17) is 19.5 Å². The van der Waals surface area contributed by atoms with Crippen LogP contribution in [0, 0.1) is 0 Å². The van der Waals surface area contributed by atoms with Crippen molar-refractivity contribution in [3.8, 4) is 0 Å². The number of amides is 1. The fourth-order valence-electron chi connectivity index (χ4n) is 1.03. The summed E-state index contributed by atoms with van der Waals surface area (Å²) in [7, 11) is 1.55. The summed E-state index contributed by atoms with van der Waals surface area (Å²) < 4.78 is 14.9. The van der Waals surface area contributed by atoms with Gasteiger partial charge in [0.05, 0.1) is 32.8 Å². The SMILES string of the molecule is CNC(=O)CCOCCOC(=O)CCOCCOO. The number of carbonyl (C=O) groups is 2. The van der Waals surface area contributed by atoms with Crippen LogP contribution in [-0.4, -0.2) is 63.8 Å². The van der Waals surface area contributed by atoms with Crippen molar-refractivity contribution >= 4 is 11.9 Å². The second kappa shape index (κ2) is 13.2. The summed E-state index contributed by atoms with van der Waals surface area (Å²) in [6.07, 6.45) is 0.412. The minimum absolute atomic E-state index is 0.0637. The van der Waals surface area contributed by atoms with E-state index in [-0.39, 0.29) is 57.8 Å². The molecule has 0 aliphatic heterocycles. The summed E-state index contributed by atoms with van der Waals surface area (Å²) in [5.41, 5.74) is 0. The van der Waals surface area contributed by atoms with Crippen LogP contribution >= 0.6 is 0 Å². The first-order valence-corrected chi connectivity index (χ1v) is 5.98. The molecule has 19 heavy (non-hydrogen) atoms. The summed E-state index contributed by atoms with van der Waals surface area (Å²) in [4.78, 5) is 25.8. The van der Waals surface area contributed by atoms with Gasteiger partial charge in [-0.25, -0.2) is 4.89 Å². The van der Waals surface area contributed by atoms with Gasteiger partial charge in [0.25, 0.3) is 0 Å². The molecule has 0 aliphatic carbocycles. The van der Waals surface area contributed by atoms with Crippen molar-refractivity contribution in [3.05, 3.63) is 0 Å². The predicted octanol–water partition coefficient (Wildman–Crippen LogP) is -0.421. The largest absolute Gasteiger partial charge is 0.463 e. The maximum atomic E-state index is 11.2. The molecule has 0 unspecified atom stereocenters. The van der Waals surface area contributed by atoms with Gasteiger partial charge in [0.2, 0.25) is 5.91 Å². The smallest absolute Gasteiger partial charge is 0.308 e. The highest BCUT2D eigenvalue weighted by Crippen LogP contribution is 1.90. The van der Waals surface area contributed by atoms with Gasteiger partial charge in [-0.2, -0.15) is 0 Å². The molecule has 0 spiro atoms. The van der Waals surface area contributed by atoms with E-state index in [1.165, 1.54) is 0 Å². The molecule has 0 bridgehead atoms. The Morgan fingerprint density at radius 3 is 2.21 bits per heavy atom. The highest BCUT2D eigenvalue weighted by atomic mass is 17.1. The van der Waals surface area contributed by atoms with Gasteiger partial charge < -0.3 is 19.5 Å². The van der Waals surface area contributed by atoms with E-state index in [0.717, 1.165) is 0 Å². The average Bonchev–Trinajstić information content (AvgIpc) is 2.42. The molecule has 0 aromatic carbocycles. The molecule has 1 amide bonds. The zero-order valence-electron chi connectivity index (χ0n) is 11.1. The number of esters is 1. The Kier molecular flexibility index (Phi) is 12.4. The van der Waals surface area contributed by atoms with Gasteiger partial charge in [-0.1, -0.05) is 0 Å². The quantitative estimate of drug-likeness (QED) is 0.216. The number of rotatable bonds is 12. The summed E-state index contributed by atoms with van der Waals surface area (Å²) in [5.74, 6) is -0.485. The normalized spacial score (nSPS) is 10.2. The van der Waals surface area contributed by atoms with E-state index in [2.05, 4.69) is 10.2 Å². The van der Waals surface area contributed by atoms with Crippen LogP contribution in [0.15, 0.2) is 0 Å². The predicted molar refractivity (Wildman–Crippen MR) is 64.5 cm³/mol. The lowest BCUT2D eigenvalue weighted by Crippen LogP contribution is -2.20. The third-order valence-corrected chi connectivity index (χ3v) is 2.01. The first-order chi connectivity index (χ1) is 9.20. The van der Waals surface area contributed by atoms with Crippen molar-refractivity contribution in [2.24, 2.45) is 0 Å². The molecule has 0 saturated heterocycles. The van der Waals surface area contributed by atoms with E-state index in [1.54, 1.807) is 7.05 Å². The second-order valence-electron chi connectivity index (χ2n) is 3.45. The van der Waals surface area contributed by atoms with Crippen LogP contribution < -0.4 is 5.32 Å². The molecule has 0 radical (unpaired) electrons. The molecule has 0 aliphatic rings. The van der Waals surface area contributed by atoms with Gasteiger partial charge >= 0.3 is 5.97 Å². The highest BCUT2D eigenvalue weighted by molar-refractivity contribution is 5.75. The van der Waals surface area contributed by atoms with Crippen LogP contribution in [0.5, 0.6) is 0 Å². The standard InChI is InChI=1S/C11H21NO7/c1-12-10(13)2-4-16-6-8-18-11(14)3-5-17-7-9-19-15/h15H,2-9H2,1H3,(H,12,13). The van der Waals surface area contributed by atoms with E-state index in [9.17, 15) is 9.59 Å². The Bertz CT molecular complexity index is 247. The molecule has 0 atom stereocenters. The molecular formula is C11H21NO7. The van der Waals surface area contributed by atoms with Gasteiger partial charge in [0, 0.05) is 13.5 Å². The fourth-order valence-corrected chi connectivity index (χ4v) is 1.03. The molecule has 0 heterocycles. The summed E-state index contributed by atoms with van der Waals surface area (Å²) in [5, 5.41) is 10.5. The lowest BCUT2D eigenvalue weighted by Gasteiger charge is -2.06. The Morgan fingerprint density at radius 1 is 0.947 bits per heavy atom. The third-order valence-electron chi connectivity index (χ3n) is 2.01. The maximum absolute atomic E-state index is 11.2. The van der Waals surface area contributed by atoms with Crippen molar-refractivity contribution in [2.75, 3.05) is 46.7 Å². The van der Waals surface area contributed by atoms with Crippen LogP contribution in [0.1, 0.15) is 12.8 Å². The van der Waals surface area contributed by atoms with Crippen molar-refractivity contribution in [1.82, 2.24) is 5.32 Å². The summed E-state index contributed by atoms with van der Waals surface area (Å²) >= 11 is 0. The Morgan fingerprint density at radius 2 is 1.58 bits per heavy atom. The Balaban J connectivity index is 3.22. The van der Waals surface area contributed by atoms with Crippen molar-refractivity contribution in [3.63, 3.8) is 0 Å². The van der Waals surface area contributed by atoms with E-state index in [0.29, 0.717) is 6.61 Å². The highest BCUT2D eigenvalue weighted by Gasteiger charge is 2.03. The first-order valence-electron chi connectivity index (χ1n) is 5.98. The van der Waals surface area contributed by atoms with Gasteiger partial charge in [-0.15, -0.1) is 0 Å². The molecule has 0 aromatic rings. The van der Waals surface area contributed by atoms with Gasteiger partial charge in [0.1, 0.15) is 13.2 Å². The molecule has 0 rings (SSSR count). The summed E-state index contributed by atoms with van der Waals surface area (Å²) in [6, 6.07) is 0. The molecule has 2 N–H and O–H groups in total. The number of ether oxygens (including phenoxy) is 3. The fraction of sp³-hybridized carbons (Fsp3) is 0.818. The number of hydrogen-bond donors (Lipinski definition) is 2. The average molecular weight is 279 g/mol. The van der Waals surface area contributed by atoms with Crippen LogP contribution in [-0.2, 0) is 28.7 Å². The van der Waals surface area contributed by atoms with E-state index >= 15 is 0 Å². The lowest BCUT2D eigenvalue weighted by molar-refractivity contribution is -0.249. The second-order valence-corrected chi connectivity index (χ2v) is 3.45. The Hall–Kier alpha value is -1.22. The number of hydrogen-bond acceptors (Lipinski definition) is 7. The van der Waals surface area contributed by atoms with Crippen LogP contribution in [0.3, 0.4) is 0 Å². The molecular weight excluding hydrogens is 258 g/mol. The zero-order chi connectivity index (χ0) is 14.3. The van der Waals surface area contributed by atoms with Gasteiger partial charge in [-0.3, -0.25) is 14.8 Å². The van der Waals surface area contributed by atoms with E-state index in [1.807, 2.05) is 0 Å².